The molecule has 2 nitrogen and oxygen atoms in total. The van der Waals surface area contributed by atoms with Gasteiger partial charge in [-0.2, -0.15) is 13.2 Å². The van der Waals surface area contributed by atoms with E-state index in [-0.39, 0.29) is 11.5 Å². The summed E-state index contributed by atoms with van der Waals surface area (Å²) in [6, 6.07) is 3.13. The van der Waals surface area contributed by atoms with Crippen molar-refractivity contribution in [1.29, 1.82) is 0 Å². The van der Waals surface area contributed by atoms with Crippen LogP contribution in [0.15, 0.2) is 22.7 Å². The fraction of sp³-hybridized carbons (Fsp3) is 0.500. The van der Waals surface area contributed by atoms with E-state index in [0.717, 1.165) is 25.0 Å². The summed E-state index contributed by atoms with van der Waals surface area (Å²) in [5, 5.41) is 0.582. The first kappa shape index (κ1) is 18.5. The maximum absolute atomic E-state index is 12.8. The zero-order valence-electron chi connectivity index (χ0n) is 11.5. The van der Waals surface area contributed by atoms with E-state index in [1.165, 1.54) is 6.07 Å². The van der Waals surface area contributed by atoms with E-state index in [4.69, 9.17) is 0 Å². The van der Waals surface area contributed by atoms with E-state index in [1.54, 1.807) is 4.90 Å². The Morgan fingerprint density at radius 2 is 1.95 bits per heavy atom. The summed E-state index contributed by atoms with van der Waals surface area (Å²) >= 11 is 6.42. The van der Waals surface area contributed by atoms with Crippen LogP contribution in [0.25, 0.3) is 0 Å². The van der Waals surface area contributed by atoms with Crippen molar-refractivity contribution in [3.63, 3.8) is 0 Å². The van der Waals surface area contributed by atoms with Gasteiger partial charge in [0.25, 0.3) is 5.91 Å². The van der Waals surface area contributed by atoms with Crippen LogP contribution in [0.5, 0.6) is 0 Å². The molecule has 0 heterocycles. The minimum Gasteiger partial charge on any atom is -0.338 e. The first-order chi connectivity index (χ1) is 9.81. The molecule has 0 spiro atoms. The van der Waals surface area contributed by atoms with Gasteiger partial charge in [0, 0.05) is 22.9 Å². The maximum Gasteiger partial charge on any atom is 0.416 e. The van der Waals surface area contributed by atoms with Crippen LogP contribution in [0.1, 0.15) is 35.7 Å². The van der Waals surface area contributed by atoms with Crippen LogP contribution in [0.2, 0.25) is 0 Å². The van der Waals surface area contributed by atoms with Crippen LogP contribution in [0, 0.1) is 0 Å². The third-order valence-corrected chi connectivity index (χ3v) is 3.99. The topological polar surface area (TPSA) is 20.3 Å². The molecule has 0 aromatic heterocycles. The third-order valence-electron chi connectivity index (χ3n) is 2.95. The molecule has 0 saturated carbocycles. The maximum atomic E-state index is 12.8. The van der Waals surface area contributed by atoms with E-state index in [1.807, 2.05) is 6.92 Å². The van der Waals surface area contributed by atoms with Crippen LogP contribution in [0.4, 0.5) is 13.2 Å². The first-order valence-corrected chi connectivity index (χ1v) is 8.44. The Balaban J connectivity index is 3.08. The van der Waals surface area contributed by atoms with Gasteiger partial charge in [0.15, 0.2) is 0 Å². The molecular weight excluding hydrogens is 415 g/mol. The number of amides is 1. The summed E-state index contributed by atoms with van der Waals surface area (Å²) in [5.41, 5.74) is -0.773. The van der Waals surface area contributed by atoms with Gasteiger partial charge in [0.05, 0.1) is 11.1 Å². The molecule has 0 N–H and O–H groups in total. The molecule has 0 saturated heterocycles. The van der Waals surface area contributed by atoms with Crippen molar-refractivity contribution < 1.29 is 18.0 Å². The predicted molar refractivity (Wildman–Crippen MR) is 83.7 cm³/mol. The molecule has 0 atom stereocenters. The lowest BCUT2D eigenvalue weighted by molar-refractivity contribution is -0.137. The number of unbranched alkanes of at least 4 members (excludes halogenated alkanes) is 1. The molecule has 1 amide bonds. The van der Waals surface area contributed by atoms with E-state index in [9.17, 15) is 18.0 Å². The number of benzene rings is 1. The fourth-order valence-electron chi connectivity index (χ4n) is 1.80. The highest BCUT2D eigenvalue weighted by molar-refractivity contribution is 9.10. The summed E-state index contributed by atoms with van der Waals surface area (Å²) in [7, 11) is 0. The Morgan fingerprint density at radius 3 is 2.48 bits per heavy atom. The van der Waals surface area contributed by atoms with Gasteiger partial charge in [-0.3, -0.25) is 4.79 Å². The lowest BCUT2D eigenvalue weighted by atomic mass is 10.1. The lowest BCUT2D eigenvalue weighted by Crippen LogP contribution is -2.34. The van der Waals surface area contributed by atoms with Crippen molar-refractivity contribution in [2.45, 2.75) is 25.9 Å². The van der Waals surface area contributed by atoms with Gasteiger partial charge >= 0.3 is 6.18 Å². The van der Waals surface area contributed by atoms with Gasteiger partial charge in [-0.15, -0.1) is 0 Å². The van der Waals surface area contributed by atoms with Crippen molar-refractivity contribution >= 4 is 37.8 Å². The normalized spacial score (nSPS) is 11.5. The SMILES string of the molecule is CCCCN(CCBr)C(=O)c1cc(C(F)(F)F)ccc1Br. The van der Waals surface area contributed by atoms with E-state index < -0.39 is 11.7 Å². The number of halogens is 5. The molecule has 0 aliphatic rings. The Bertz CT molecular complexity index is 492. The molecule has 1 aromatic rings. The molecular formula is C14H16Br2F3NO. The van der Waals surface area contributed by atoms with E-state index in [2.05, 4.69) is 31.9 Å². The highest BCUT2D eigenvalue weighted by Crippen LogP contribution is 2.32. The summed E-state index contributed by atoms with van der Waals surface area (Å²) in [4.78, 5) is 14.0. The standard InChI is InChI=1S/C14H16Br2F3NO/c1-2-3-7-20(8-6-15)13(21)11-9-10(14(17,18)19)4-5-12(11)16/h4-5,9H,2-3,6-8H2,1H3. The Hall–Kier alpha value is -0.560. The number of carbonyl (C=O) groups excluding carboxylic acids is 1. The van der Waals surface area contributed by atoms with Gasteiger partial charge in [0.2, 0.25) is 0 Å². The van der Waals surface area contributed by atoms with Crippen molar-refractivity contribution in [2.75, 3.05) is 18.4 Å². The van der Waals surface area contributed by atoms with Crippen LogP contribution < -0.4 is 0 Å². The van der Waals surface area contributed by atoms with Crippen LogP contribution in [-0.4, -0.2) is 29.2 Å². The van der Waals surface area contributed by atoms with Gasteiger partial charge < -0.3 is 4.90 Å². The molecule has 7 heteroatoms. The summed E-state index contributed by atoms with van der Waals surface area (Å²) in [5.74, 6) is -0.388. The average Bonchev–Trinajstić information content (AvgIpc) is 2.42. The highest BCUT2D eigenvalue weighted by Gasteiger charge is 2.32. The largest absolute Gasteiger partial charge is 0.416 e. The molecule has 118 valence electrons. The van der Waals surface area contributed by atoms with Crippen LogP contribution in [-0.2, 0) is 6.18 Å². The molecule has 0 unspecified atom stereocenters. The van der Waals surface area contributed by atoms with Gasteiger partial charge in [-0.05, 0) is 40.5 Å². The summed E-state index contributed by atoms with van der Waals surface area (Å²) in [6.07, 6.45) is -2.73. The Kier molecular flexibility index (Phi) is 7.20. The smallest absolute Gasteiger partial charge is 0.338 e. The molecule has 1 rings (SSSR count). The molecule has 0 radical (unpaired) electrons. The van der Waals surface area contributed by atoms with Crippen molar-refractivity contribution in [3.8, 4) is 0 Å². The van der Waals surface area contributed by atoms with E-state index >= 15 is 0 Å². The van der Waals surface area contributed by atoms with Crippen LogP contribution >= 0.6 is 31.9 Å². The van der Waals surface area contributed by atoms with Crippen molar-refractivity contribution in [1.82, 2.24) is 4.90 Å². The number of hydrogen-bond acceptors (Lipinski definition) is 1. The van der Waals surface area contributed by atoms with E-state index in [0.29, 0.717) is 22.9 Å². The molecule has 0 aliphatic carbocycles. The monoisotopic (exact) mass is 429 g/mol. The number of nitrogens with zero attached hydrogens (tertiary/aromatic N) is 1. The molecule has 0 bridgehead atoms. The second-order valence-corrected chi connectivity index (χ2v) is 6.17. The van der Waals surface area contributed by atoms with Gasteiger partial charge in [0.1, 0.15) is 0 Å². The molecule has 1 aromatic carbocycles. The third kappa shape index (κ3) is 5.29. The summed E-state index contributed by atoms with van der Waals surface area (Å²) in [6.45, 7) is 2.99. The predicted octanol–water partition coefficient (Wildman–Crippen LogP) is 5.11. The number of rotatable bonds is 6. The molecule has 0 fully saturated rings. The number of alkyl halides is 4. The second-order valence-electron chi connectivity index (χ2n) is 4.53. The van der Waals surface area contributed by atoms with Gasteiger partial charge in [-0.25, -0.2) is 0 Å². The average molecular weight is 431 g/mol. The second kappa shape index (κ2) is 8.17. The minimum absolute atomic E-state index is 0.0434. The number of hydrogen-bond donors (Lipinski definition) is 0. The van der Waals surface area contributed by atoms with Crippen LogP contribution in [0.3, 0.4) is 0 Å². The van der Waals surface area contributed by atoms with Crippen molar-refractivity contribution in [2.24, 2.45) is 0 Å². The number of carbonyl (C=O) groups is 1. The zero-order chi connectivity index (χ0) is 16.0. The quantitative estimate of drug-likeness (QED) is 0.574. The van der Waals surface area contributed by atoms with Gasteiger partial charge in [-0.1, -0.05) is 29.3 Å². The molecule has 0 aliphatic heterocycles. The molecule has 21 heavy (non-hydrogen) atoms. The fourth-order valence-corrected chi connectivity index (χ4v) is 2.65. The zero-order valence-corrected chi connectivity index (χ0v) is 14.7. The minimum atomic E-state index is -4.46. The summed E-state index contributed by atoms with van der Waals surface area (Å²) < 4.78 is 38.7. The Morgan fingerprint density at radius 1 is 1.29 bits per heavy atom. The highest BCUT2D eigenvalue weighted by atomic mass is 79.9. The Labute approximate surface area is 139 Å². The lowest BCUT2D eigenvalue weighted by Gasteiger charge is -2.22. The first-order valence-electron chi connectivity index (χ1n) is 6.53. The van der Waals surface area contributed by atoms with Crippen molar-refractivity contribution in [3.05, 3.63) is 33.8 Å².